The molecule has 10 heteroatoms. The highest BCUT2D eigenvalue weighted by Gasteiger charge is 2.74. The van der Waals surface area contributed by atoms with Gasteiger partial charge in [-0.25, -0.2) is 0 Å². The summed E-state index contributed by atoms with van der Waals surface area (Å²) in [6.07, 6.45) is -2.77. The highest BCUT2D eigenvalue weighted by Crippen LogP contribution is 2.66. The molecule has 274 valence electrons. The Hall–Kier alpha value is -3.86. The van der Waals surface area contributed by atoms with Crippen molar-refractivity contribution in [2.24, 2.45) is 34.5 Å². The molecule has 2 bridgehead atoms. The largest absolute Gasteiger partial charge is 0.457 e. The monoisotopic (exact) mass is 701 g/mol. The molecule has 2 aromatic rings. The van der Waals surface area contributed by atoms with Gasteiger partial charge in [0.15, 0.2) is 11.9 Å². The second-order valence-corrected chi connectivity index (χ2v) is 16.2. The first kappa shape index (κ1) is 36.9. The van der Waals surface area contributed by atoms with Crippen LogP contribution in [-0.4, -0.2) is 68.5 Å². The van der Waals surface area contributed by atoms with E-state index in [0.717, 1.165) is 6.42 Å². The Kier molecular flexibility index (Phi) is 9.39. The van der Waals surface area contributed by atoms with Gasteiger partial charge in [0.05, 0.1) is 23.7 Å². The zero-order chi connectivity index (χ0) is 37.3. The van der Waals surface area contributed by atoms with Gasteiger partial charge in [0.2, 0.25) is 0 Å². The Balaban J connectivity index is 1.42. The number of nitrogens with one attached hydrogen (secondary N) is 1. The number of benzene rings is 2. The van der Waals surface area contributed by atoms with Gasteiger partial charge in [-0.3, -0.25) is 19.2 Å². The van der Waals surface area contributed by atoms with E-state index in [4.69, 9.17) is 9.47 Å². The molecule has 0 aliphatic heterocycles. The van der Waals surface area contributed by atoms with Gasteiger partial charge < -0.3 is 30.1 Å². The van der Waals surface area contributed by atoms with Gasteiger partial charge in [0.25, 0.3) is 5.91 Å². The van der Waals surface area contributed by atoms with Gasteiger partial charge in [-0.05, 0) is 73.8 Å². The molecule has 11 atom stereocenters. The van der Waals surface area contributed by atoms with E-state index in [-0.39, 0.29) is 29.7 Å². The minimum absolute atomic E-state index is 0.165. The smallest absolute Gasteiger partial charge is 0.311 e. The van der Waals surface area contributed by atoms with E-state index in [1.807, 2.05) is 37.3 Å². The highest BCUT2D eigenvalue weighted by atomic mass is 16.6. The maximum atomic E-state index is 14.9. The van der Waals surface area contributed by atoms with E-state index < -0.39 is 75.9 Å². The molecule has 0 aromatic heterocycles. The summed E-state index contributed by atoms with van der Waals surface area (Å²) in [5, 5.41) is 40.5. The number of rotatable bonds is 7. The minimum Gasteiger partial charge on any atom is -0.457 e. The Morgan fingerprint density at radius 1 is 0.961 bits per heavy atom. The number of aliphatic hydroxyl groups is 3. The number of Topliss-reactive ketones (excluding diaryl/α,β-unsaturated/α-hetero) is 1. The lowest BCUT2D eigenvalue weighted by Gasteiger charge is -2.67. The van der Waals surface area contributed by atoms with Crippen molar-refractivity contribution in [2.75, 3.05) is 0 Å². The minimum atomic E-state index is -2.02. The molecule has 4 aliphatic rings. The molecule has 1 amide bonds. The zero-order valence-electron chi connectivity index (χ0n) is 30.5. The number of amides is 1. The Bertz CT molecular complexity index is 1740. The van der Waals surface area contributed by atoms with Crippen molar-refractivity contribution in [1.82, 2.24) is 5.32 Å². The molecule has 2 aromatic carbocycles. The summed E-state index contributed by atoms with van der Waals surface area (Å²) in [5.41, 5.74) is -4.33. The third kappa shape index (κ3) is 5.65. The van der Waals surface area contributed by atoms with E-state index in [1.54, 1.807) is 65.0 Å². The van der Waals surface area contributed by atoms with Crippen molar-refractivity contribution >= 4 is 23.6 Å². The predicted molar refractivity (Wildman–Crippen MR) is 188 cm³/mol. The molecule has 4 N–H and O–H groups in total. The van der Waals surface area contributed by atoms with Crippen LogP contribution in [0.25, 0.3) is 0 Å². The number of fused-ring (bicyclic) bond motifs is 5. The Morgan fingerprint density at radius 2 is 1.57 bits per heavy atom. The van der Waals surface area contributed by atoms with Crippen LogP contribution < -0.4 is 5.32 Å². The van der Waals surface area contributed by atoms with Crippen LogP contribution in [0.15, 0.2) is 71.8 Å². The van der Waals surface area contributed by atoms with E-state index in [1.165, 1.54) is 6.92 Å². The maximum absolute atomic E-state index is 14.9. The summed E-state index contributed by atoms with van der Waals surface area (Å²) >= 11 is 0. The number of carbonyl (C=O) groups is 4. The van der Waals surface area contributed by atoms with Crippen LogP contribution in [0, 0.1) is 34.5 Å². The molecular weight excluding hydrogens is 650 g/mol. The van der Waals surface area contributed by atoms with Gasteiger partial charge in [-0.1, -0.05) is 76.2 Å². The molecule has 1 unspecified atom stereocenters. The van der Waals surface area contributed by atoms with Crippen LogP contribution in [0.3, 0.4) is 0 Å². The highest BCUT2D eigenvalue weighted by molar-refractivity contribution is 5.95. The van der Waals surface area contributed by atoms with Crippen molar-refractivity contribution in [1.29, 1.82) is 0 Å². The molecule has 0 heterocycles. The lowest BCUT2D eigenvalue weighted by molar-refractivity contribution is -0.285. The standard InChI is InChI=1S/C41H51NO9/c1-22-20-28-18-19-40(28,48)33-35(45)41(49)21-29(23(2)30(38(41,5)6)32(50-25(4)43)34(44)39(22,33)7)51-37(47)24(3)31(26-14-10-8-11-15-26)42-36(46)27-16-12-9-13-17-27/h8-17,22,24,28-29,31-33,35,45,48-49H,18-21H2,1-7H3,(H,42,46)/t22-,24+,28?,29-,31+,32+,33-,35-,39+,40-,41+/m0/s1. The van der Waals surface area contributed by atoms with Crippen LogP contribution in [0.2, 0.25) is 0 Å². The number of hydrogen-bond donors (Lipinski definition) is 4. The molecule has 51 heavy (non-hydrogen) atoms. The average Bonchev–Trinajstić information content (AvgIpc) is 3.09. The fourth-order valence-electron chi connectivity index (χ4n) is 9.94. The SMILES string of the molecule is CC(=O)O[C@H]1C(=O)[C@]2(C)[C@@H](C)CC3CC[C@@]3(O)[C@H]2[C@H](O)[C@]2(O)C[C@H](OC(=O)[C@H](C)[C@@H](NC(=O)c3ccccc3)c3ccccc3)C(C)=C1C2(C)C. The van der Waals surface area contributed by atoms with Crippen molar-refractivity contribution in [3.05, 3.63) is 82.9 Å². The summed E-state index contributed by atoms with van der Waals surface area (Å²) in [5.74, 6) is -4.66. The van der Waals surface area contributed by atoms with Gasteiger partial charge >= 0.3 is 11.9 Å². The van der Waals surface area contributed by atoms with Crippen molar-refractivity contribution in [2.45, 2.75) is 110 Å². The molecule has 6 rings (SSSR count). The van der Waals surface area contributed by atoms with E-state index in [2.05, 4.69) is 5.32 Å². The van der Waals surface area contributed by atoms with Crippen molar-refractivity contribution < 1.29 is 44.0 Å². The first-order valence-electron chi connectivity index (χ1n) is 18.1. The van der Waals surface area contributed by atoms with Crippen LogP contribution >= 0.6 is 0 Å². The number of aliphatic hydroxyl groups excluding tert-OH is 1. The van der Waals surface area contributed by atoms with Crippen molar-refractivity contribution in [3.8, 4) is 0 Å². The Labute approximate surface area is 299 Å². The van der Waals surface area contributed by atoms with Gasteiger partial charge in [0, 0.05) is 35.7 Å². The summed E-state index contributed by atoms with van der Waals surface area (Å²) in [7, 11) is 0. The topological polar surface area (TPSA) is 159 Å². The number of hydrogen-bond acceptors (Lipinski definition) is 9. The summed E-state index contributed by atoms with van der Waals surface area (Å²) < 4.78 is 12.1. The van der Waals surface area contributed by atoms with Crippen molar-refractivity contribution in [3.63, 3.8) is 0 Å². The third-order valence-corrected chi connectivity index (χ3v) is 13.3. The average molecular weight is 702 g/mol. The van der Waals surface area contributed by atoms with E-state index in [0.29, 0.717) is 29.5 Å². The fourth-order valence-corrected chi connectivity index (χ4v) is 9.94. The van der Waals surface area contributed by atoms with Crippen LogP contribution in [0.4, 0.5) is 0 Å². The second kappa shape index (κ2) is 13.0. The molecular formula is C41H51NO9. The normalized spacial score (nSPS) is 36.5. The number of ether oxygens (including phenoxy) is 2. The zero-order valence-corrected chi connectivity index (χ0v) is 30.5. The lowest BCUT2D eigenvalue weighted by atomic mass is 9.39. The number of ketones is 1. The first-order valence-corrected chi connectivity index (χ1v) is 18.1. The fraction of sp³-hybridized carbons (Fsp3) is 0.561. The molecule has 0 saturated heterocycles. The molecule has 3 saturated carbocycles. The Morgan fingerprint density at radius 3 is 2.14 bits per heavy atom. The third-order valence-electron chi connectivity index (χ3n) is 13.3. The molecule has 4 aliphatic carbocycles. The van der Waals surface area contributed by atoms with Gasteiger partial charge in [0.1, 0.15) is 11.7 Å². The number of carbonyl (C=O) groups excluding carboxylic acids is 4. The summed E-state index contributed by atoms with van der Waals surface area (Å²) in [4.78, 5) is 55.1. The van der Waals surface area contributed by atoms with Gasteiger partial charge in [-0.2, -0.15) is 0 Å². The maximum Gasteiger partial charge on any atom is 0.311 e. The molecule has 0 radical (unpaired) electrons. The first-order chi connectivity index (χ1) is 23.9. The second-order valence-electron chi connectivity index (χ2n) is 16.2. The quantitative estimate of drug-likeness (QED) is 0.234. The number of esters is 2. The van der Waals surface area contributed by atoms with Crippen LogP contribution in [-0.2, 0) is 23.9 Å². The molecule has 10 nitrogen and oxygen atoms in total. The molecule has 0 spiro atoms. The summed E-state index contributed by atoms with van der Waals surface area (Å²) in [6, 6.07) is 16.9. The lowest BCUT2D eigenvalue weighted by Crippen LogP contribution is -2.76. The van der Waals surface area contributed by atoms with E-state index in [9.17, 15) is 34.5 Å². The van der Waals surface area contributed by atoms with Gasteiger partial charge in [-0.15, -0.1) is 0 Å². The predicted octanol–water partition coefficient (Wildman–Crippen LogP) is 4.86. The molecule has 3 fully saturated rings. The van der Waals surface area contributed by atoms with E-state index >= 15 is 0 Å². The summed E-state index contributed by atoms with van der Waals surface area (Å²) in [6.45, 7) is 11.6. The van der Waals surface area contributed by atoms with Crippen LogP contribution in [0.5, 0.6) is 0 Å². The van der Waals surface area contributed by atoms with Crippen LogP contribution in [0.1, 0.15) is 96.1 Å².